The lowest BCUT2D eigenvalue weighted by atomic mass is 10.0. The molecule has 2 aliphatic rings. The maximum absolute atomic E-state index is 13.0. The van der Waals surface area contributed by atoms with Crippen LogP contribution in [0.25, 0.3) is 6.08 Å². The Morgan fingerprint density at radius 1 is 1.17 bits per heavy atom. The number of ether oxygens (including phenoxy) is 2. The lowest BCUT2D eigenvalue weighted by Gasteiger charge is -2.49. The molecule has 0 unspecified atom stereocenters. The Morgan fingerprint density at radius 3 is 2.49 bits per heavy atom. The van der Waals surface area contributed by atoms with Crippen molar-refractivity contribution in [2.75, 3.05) is 18.6 Å². The molecule has 14 nitrogen and oxygen atoms in total. The summed E-state index contributed by atoms with van der Waals surface area (Å²) in [5, 5.41) is 17.3. The van der Waals surface area contributed by atoms with Gasteiger partial charge in [-0.05, 0) is 23.3 Å². The number of allylic oxidation sites excluding steroid dienone is 1. The maximum atomic E-state index is 13.0. The van der Waals surface area contributed by atoms with Crippen LogP contribution in [0.1, 0.15) is 25.1 Å². The zero-order valence-electron chi connectivity index (χ0n) is 21.8. The summed E-state index contributed by atoms with van der Waals surface area (Å²) in [7, 11) is 1.25. The van der Waals surface area contributed by atoms with Crippen LogP contribution in [-0.2, 0) is 28.8 Å². The summed E-state index contributed by atoms with van der Waals surface area (Å²) in [6.45, 7) is 2.40. The molecule has 2 atom stereocenters. The number of oxime groups is 1. The standard InChI is InChI=1S/C25H23N5O9S2/c1-11(31)38-16-7-5-13(8-17(16)39-12(2)32)4-6-14-9-40-23-19(22(34)30(23)20(14)24(35)36)28-21(33)18(29-37-3)15-10-41-25(26)27-15/h4-8,10,19,23H,9H2,1-3H3,(H2,26,27)(H,28,33)(H,35,36)/b6-4?,29-18-/t19-,23-/m1/s1. The number of β-lactam (4-membered cyclic amide) rings is 1. The number of nitrogens with two attached hydrogens (primary N) is 1. The number of thioether (sulfide) groups is 1. The topological polar surface area (TPSA) is 200 Å². The first-order valence-electron chi connectivity index (χ1n) is 11.7. The molecule has 2 aliphatic heterocycles. The van der Waals surface area contributed by atoms with Crippen molar-refractivity contribution >= 4 is 69.7 Å². The van der Waals surface area contributed by atoms with E-state index in [1.807, 2.05) is 0 Å². The van der Waals surface area contributed by atoms with E-state index in [2.05, 4.69) is 15.5 Å². The highest BCUT2D eigenvalue weighted by Gasteiger charge is 2.54. The fourth-order valence-electron chi connectivity index (χ4n) is 3.97. The van der Waals surface area contributed by atoms with Crippen molar-refractivity contribution in [1.82, 2.24) is 15.2 Å². The molecule has 0 spiro atoms. The number of rotatable bonds is 9. The number of esters is 2. The number of amides is 2. The number of nitrogen functional groups attached to an aromatic ring is 1. The second-order valence-corrected chi connectivity index (χ2v) is 10.5. The Morgan fingerprint density at radius 2 is 1.88 bits per heavy atom. The first kappa shape index (κ1) is 29.3. The molecule has 1 fully saturated rings. The monoisotopic (exact) mass is 601 g/mol. The van der Waals surface area contributed by atoms with Gasteiger partial charge in [0.05, 0.1) is 0 Å². The highest BCUT2D eigenvalue weighted by atomic mass is 32.2. The number of hydrogen-bond donors (Lipinski definition) is 3. The van der Waals surface area contributed by atoms with Gasteiger partial charge in [0, 0.05) is 25.0 Å². The van der Waals surface area contributed by atoms with E-state index in [0.717, 1.165) is 16.2 Å². The number of nitrogens with zero attached hydrogens (tertiary/aromatic N) is 3. The molecule has 1 saturated heterocycles. The predicted molar refractivity (Wildman–Crippen MR) is 148 cm³/mol. The third-order valence-corrected chi connectivity index (χ3v) is 7.58. The maximum Gasteiger partial charge on any atom is 0.352 e. The second kappa shape index (κ2) is 12.2. The zero-order chi connectivity index (χ0) is 29.8. The van der Waals surface area contributed by atoms with Gasteiger partial charge in [-0.15, -0.1) is 23.1 Å². The number of benzene rings is 1. The van der Waals surface area contributed by atoms with Crippen LogP contribution < -0.4 is 20.5 Å². The molecule has 16 heteroatoms. The summed E-state index contributed by atoms with van der Waals surface area (Å²) in [5.74, 6) is -3.63. The Hall–Kier alpha value is -4.70. The molecule has 214 valence electrons. The van der Waals surface area contributed by atoms with E-state index >= 15 is 0 Å². The molecular weight excluding hydrogens is 578 g/mol. The first-order valence-corrected chi connectivity index (χ1v) is 13.7. The van der Waals surface area contributed by atoms with Crippen molar-refractivity contribution < 1.29 is 43.4 Å². The van der Waals surface area contributed by atoms with Crippen LogP contribution in [0.4, 0.5) is 5.13 Å². The number of fused-ring (bicyclic) bond motifs is 1. The van der Waals surface area contributed by atoms with Gasteiger partial charge in [0.25, 0.3) is 11.8 Å². The molecule has 2 amide bonds. The zero-order valence-corrected chi connectivity index (χ0v) is 23.4. The van der Waals surface area contributed by atoms with Crippen LogP contribution in [0, 0.1) is 0 Å². The fourth-order valence-corrected chi connectivity index (χ4v) is 5.84. The van der Waals surface area contributed by atoms with Crippen LogP contribution in [0.15, 0.2) is 46.1 Å². The van der Waals surface area contributed by atoms with Crippen LogP contribution in [0.2, 0.25) is 0 Å². The van der Waals surface area contributed by atoms with Gasteiger partial charge < -0.3 is 30.5 Å². The summed E-state index contributed by atoms with van der Waals surface area (Å²) in [4.78, 5) is 70.9. The molecule has 0 saturated carbocycles. The number of carbonyl (C=O) groups excluding carboxylic acids is 4. The summed E-state index contributed by atoms with van der Waals surface area (Å²) in [6.07, 6.45) is 3.10. The highest BCUT2D eigenvalue weighted by molar-refractivity contribution is 8.00. The summed E-state index contributed by atoms with van der Waals surface area (Å²) in [6, 6.07) is 3.46. The SMILES string of the molecule is CO/N=C(\C(=O)N[C@@H]1C(=O)N2C(C(=O)O)=C(C=Cc3ccc(OC(C)=O)c(OC(C)=O)c3)CS[C@H]12)c1csc(N)n1. The van der Waals surface area contributed by atoms with Gasteiger partial charge in [0.1, 0.15) is 29.9 Å². The molecule has 4 rings (SSSR count). The molecule has 3 heterocycles. The number of thiazole rings is 1. The normalized spacial score (nSPS) is 18.5. The number of aromatic nitrogens is 1. The summed E-state index contributed by atoms with van der Waals surface area (Å²) in [5.41, 5.74) is 6.25. The minimum Gasteiger partial charge on any atom is -0.477 e. The van der Waals surface area contributed by atoms with Gasteiger partial charge in [-0.25, -0.2) is 9.78 Å². The van der Waals surface area contributed by atoms with Gasteiger partial charge in [-0.1, -0.05) is 23.4 Å². The van der Waals surface area contributed by atoms with E-state index in [9.17, 15) is 29.1 Å². The molecule has 41 heavy (non-hydrogen) atoms. The van der Waals surface area contributed by atoms with Gasteiger partial charge in [0.15, 0.2) is 22.3 Å². The molecule has 4 N–H and O–H groups in total. The molecule has 1 aromatic carbocycles. The van der Waals surface area contributed by atoms with Crippen molar-refractivity contribution in [3.05, 3.63) is 52.2 Å². The van der Waals surface area contributed by atoms with E-state index in [4.69, 9.17) is 20.0 Å². The summed E-state index contributed by atoms with van der Waals surface area (Å²) >= 11 is 2.36. The quantitative estimate of drug-likeness (QED) is 0.123. The van der Waals surface area contributed by atoms with E-state index < -0.39 is 41.1 Å². The van der Waals surface area contributed by atoms with E-state index in [-0.39, 0.29) is 39.5 Å². The number of hydrogen-bond acceptors (Lipinski definition) is 13. The van der Waals surface area contributed by atoms with Crippen LogP contribution >= 0.6 is 23.1 Å². The average molecular weight is 602 g/mol. The van der Waals surface area contributed by atoms with Gasteiger partial charge >= 0.3 is 17.9 Å². The van der Waals surface area contributed by atoms with Crippen molar-refractivity contribution in [2.45, 2.75) is 25.3 Å². The van der Waals surface area contributed by atoms with Crippen molar-refractivity contribution in [2.24, 2.45) is 5.16 Å². The van der Waals surface area contributed by atoms with E-state index in [1.54, 1.807) is 12.1 Å². The van der Waals surface area contributed by atoms with Crippen LogP contribution in [0.3, 0.4) is 0 Å². The van der Waals surface area contributed by atoms with Crippen molar-refractivity contribution in [3.63, 3.8) is 0 Å². The number of anilines is 1. The predicted octanol–water partition coefficient (Wildman–Crippen LogP) is 1.38. The second-order valence-electron chi connectivity index (χ2n) is 8.46. The van der Waals surface area contributed by atoms with Gasteiger partial charge in [-0.2, -0.15) is 0 Å². The smallest absolute Gasteiger partial charge is 0.352 e. The van der Waals surface area contributed by atoms with E-state index in [0.29, 0.717) is 11.1 Å². The fraction of sp³-hybridized carbons (Fsp3) is 0.240. The number of carboxylic acid groups (broad SMARTS) is 1. The van der Waals surface area contributed by atoms with Gasteiger partial charge in [-0.3, -0.25) is 24.1 Å². The Kier molecular flexibility index (Phi) is 8.73. The Bertz CT molecular complexity index is 1530. The molecule has 0 bridgehead atoms. The minimum atomic E-state index is -1.32. The van der Waals surface area contributed by atoms with Gasteiger partial charge in [0.2, 0.25) is 0 Å². The molecule has 0 radical (unpaired) electrons. The average Bonchev–Trinajstić information content (AvgIpc) is 3.34. The Balaban J connectivity index is 1.55. The molecule has 1 aromatic heterocycles. The Labute approximate surface area is 240 Å². The van der Waals surface area contributed by atoms with Crippen molar-refractivity contribution in [3.8, 4) is 11.5 Å². The highest BCUT2D eigenvalue weighted by Crippen LogP contribution is 2.41. The van der Waals surface area contributed by atoms with Crippen LogP contribution in [-0.4, -0.2) is 74.7 Å². The number of aliphatic carboxylic acids is 1. The molecular formula is C25H23N5O9S2. The lowest BCUT2D eigenvalue weighted by Crippen LogP contribution is -2.71. The minimum absolute atomic E-state index is 0.00796. The first-order chi connectivity index (χ1) is 19.5. The summed E-state index contributed by atoms with van der Waals surface area (Å²) < 4.78 is 10.2. The third kappa shape index (κ3) is 6.38. The van der Waals surface area contributed by atoms with Crippen molar-refractivity contribution in [1.29, 1.82) is 0 Å². The molecule has 0 aliphatic carbocycles. The lowest BCUT2D eigenvalue weighted by molar-refractivity contribution is -0.150. The third-order valence-electron chi connectivity index (χ3n) is 5.60. The van der Waals surface area contributed by atoms with E-state index in [1.165, 1.54) is 56.3 Å². The molecule has 2 aromatic rings. The number of carbonyl (C=O) groups is 5. The largest absolute Gasteiger partial charge is 0.477 e. The van der Waals surface area contributed by atoms with Crippen LogP contribution in [0.5, 0.6) is 11.5 Å². The number of nitrogens with one attached hydrogen (secondary N) is 1. The number of carboxylic acids is 1.